The van der Waals surface area contributed by atoms with Gasteiger partial charge in [-0.1, -0.05) is 0 Å². The maximum absolute atomic E-state index is 4.52. The van der Waals surface area contributed by atoms with Gasteiger partial charge >= 0.3 is 0 Å². The molecule has 16 heavy (non-hydrogen) atoms. The van der Waals surface area contributed by atoms with E-state index in [1.54, 1.807) is 11.3 Å². The number of aromatic amines is 1. The predicted octanol–water partition coefficient (Wildman–Crippen LogP) is 2.90. The number of nitrogens with one attached hydrogen (secondary N) is 1. The fraction of sp³-hybridized carbons (Fsp3) is 0.400. The molecule has 2 aromatic heterocycles. The third kappa shape index (κ3) is 1.87. The number of hydrogen-bond acceptors (Lipinski definition) is 4. The molecule has 3 rings (SSSR count). The van der Waals surface area contributed by atoms with Gasteiger partial charge in [-0.05, 0) is 40.9 Å². The number of aromatic nitrogens is 3. The molecule has 0 radical (unpaired) electrons. The molecule has 6 heteroatoms. The quantitative estimate of drug-likeness (QED) is 0.927. The summed E-state index contributed by atoms with van der Waals surface area (Å²) in [6.07, 6.45) is 2.49. The van der Waals surface area contributed by atoms with Gasteiger partial charge in [-0.2, -0.15) is 4.98 Å². The molecule has 0 saturated carbocycles. The van der Waals surface area contributed by atoms with Crippen LogP contribution in [0.1, 0.15) is 12.8 Å². The van der Waals surface area contributed by atoms with Gasteiger partial charge in [0, 0.05) is 13.1 Å². The molecule has 3 heterocycles. The molecular weight excluding hydrogens is 288 g/mol. The third-order valence-corrected chi connectivity index (χ3v) is 4.30. The van der Waals surface area contributed by atoms with Gasteiger partial charge in [0.25, 0.3) is 0 Å². The van der Waals surface area contributed by atoms with Crippen LogP contribution in [0.4, 0.5) is 5.95 Å². The minimum atomic E-state index is 0.831. The fourth-order valence-electron chi connectivity index (χ4n) is 1.86. The summed E-state index contributed by atoms with van der Waals surface area (Å²) in [5, 5.41) is 7.26. The molecule has 0 atom stereocenters. The molecule has 0 amide bonds. The maximum Gasteiger partial charge on any atom is 0.245 e. The second kappa shape index (κ2) is 4.18. The molecule has 0 aromatic carbocycles. The molecule has 1 saturated heterocycles. The molecule has 0 aliphatic carbocycles. The summed E-state index contributed by atoms with van der Waals surface area (Å²) in [5.41, 5.74) is 0. The normalized spacial score (nSPS) is 15.9. The van der Waals surface area contributed by atoms with E-state index in [0.717, 1.165) is 33.5 Å². The van der Waals surface area contributed by atoms with Crippen molar-refractivity contribution in [3.63, 3.8) is 0 Å². The summed E-state index contributed by atoms with van der Waals surface area (Å²) < 4.78 is 1.11. The van der Waals surface area contributed by atoms with E-state index in [2.05, 4.69) is 36.0 Å². The summed E-state index contributed by atoms with van der Waals surface area (Å²) in [6.45, 7) is 2.15. The number of nitrogens with zero attached hydrogens (tertiary/aromatic N) is 3. The van der Waals surface area contributed by atoms with E-state index in [1.165, 1.54) is 12.8 Å². The van der Waals surface area contributed by atoms with Crippen LogP contribution in [-0.2, 0) is 0 Å². The van der Waals surface area contributed by atoms with Crippen LogP contribution in [0.5, 0.6) is 0 Å². The molecule has 1 aliphatic heterocycles. The molecule has 84 valence electrons. The van der Waals surface area contributed by atoms with Crippen LogP contribution < -0.4 is 4.90 Å². The molecule has 0 unspecified atom stereocenters. The Labute approximate surface area is 106 Å². The second-order valence-electron chi connectivity index (χ2n) is 3.78. The summed E-state index contributed by atoms with van der Waals surface area (Å²) in [7, 11) is 0. The lowest BCUT2D eigenvalue weighted by atomic mass is 10.4. The Morgan fingerprint density at radius 2 is 2.12 bits per heavy atom. The summed E-state index contributed by atoms with van der Waals surface area (Å²) >= 11 is 5.11. The molecule has 1 N–H and O–H groups in total. The van der Waals surface area contributed by atoms with E-state index in [-0.39, 0.29) is 0 Å². The molecule has 1 aliphatic rings. The van der Waals surface area contributed by atoms with Gasteiger partial charge in [0.15, 0.2) is 5.82 Å². The van der Waals surface area contributed by atoms with Crippen LogP contribution >= 0.6 is 27.3 Å². The van der Waals surface area contributed by atoms with E-state index in [9.17, 15) is 0 Å². The van der Waals surface area contributed by atoms with Crippen LogP contribution in [0.25, 0.3) is 10.7 Å². The van der Waals surface area contributed by atoms with Gasteiger partial charge in [0.1, 0.15) is 0 Å². The van der Waals surface area contributed by atoms with E-state index >= 15 is 0 Å². The zero-order valence-electron chi connectivity index (χ0n) is 8.61. The van der Waals surface area contributed by atoms with Gasteiger partial charge in [0.2, 0.25) is 5.95 Å². The highest BCUT2D eigenvalue weighted by atomic mass is 79.9. The number of H-pyrrole nitrogens is 1. The zero-order chi connectivity index (χ0) is 11.0. The average Bonchev–Trinajstić information content (AvgIpc) is 2.97. The van der Waals surface area contributed by atoms with Crippen molar-refractivity contribution in [3.05, 3.63) is 15.9 Å². The first-order valence-corrected chi connectivity index (χ1v) is 6.87. The smallest absolute Gasteiger partial charge is 0.245 e. The molecule has 2 aromatic rings. The summed E-state index contributed by atoms with van der Waals surface area (Å²) in [6, 6.07) is 4.07. The van der Waals surface area contributed by atoms with E-state index < -0.39 is 0 Å². The minimum Gasteiger partial charge on any atom is -0.340 e. The first-order valence-electron chi connectivity index (χ1n) is 5.26. The Hall–Kier alpha value is -0.880. The molecular formula is C10H11BrN4S. The van der Waals surface area contributed by atoms with Crippen LogP contribution in [0.2, 0.25) is 0 Å². The molecule has 4 nitrogen and oxygen atoms in total. The highest BCUT2D eigenvalue weighted by molar-refractivity contribution is 9.11. The highest BCUT2D eigenvalue weighted by Crippen LogP contribution is 2.30. The van der Waals surface area contributed by atoms with Crippen molar-refractivity contribution < 1.29 is 0 Å². The van der Waals surface area contributed by atoms with Crippen molar-refractivity contribution in [2.75, 3.05) is 18.0 Å². The Bertz CT molecular complexity index is 486. The van der Waals surface area contributed by atoms with Gasteiger partial charge in [-0.25, -0.2) is 0 Å². The first-order chi connectivity index (χ1) is 7.83. The monoisotopic (exact) mass is 298 g/mol. The number of halogens is 1. The Morgan fingerprint density at radius 1 is 1.31 bits per heavy atom. The minimum absolute atomic E-state index is 0.831. The van der Waals surface area contributed by atoms with Crippen LogP contribution in [0.3, 0.4) is 0 Å². The Kier molecular flexibility index (Phi) is 2.69. The topological polar surface area (TPSA) is 44.8 Å². The predicted molar refractivity (Wildman–Crippen MR) is 68.8 cm³/mol. The first kappa shape index (κ1) is 10.3. The number of anilines is 1. The second-order valence-corrected chi connectivity index (χ2v) is 6.24. The lowest BCUT2D eigenvalue weighted by Gasteiger charge is -2.10. The van der Waals surface area contributed by atoms with Crippen molar-refractivity contribution in [1.29, 1.82) is 0 Å². The average molecular weight is 299 g/mol. The lowest BCUT2D eigenvalue weighted by Crippen LogP contribution is -2.18. The SMILES string of the molecule is Brc1ccc(-c2nc(N3CCCC3)n[nH]2)s1. The van der Waals surface area contributed by atoms with Gasteiger partial charge in [-0.15, -0.1) is 16.4 Å². The highest BCUT2D eigenvalue weighted by Gasteiger charge is 2.17. The Balaban J connectivity index is 1.87. The zero-order valence-corrected chi connectivity index (χ0v) is 11.0. The van der Waals surface area contributed by atoms with E-state index in [4.69, 9.17) is 0 Å². The molecule has 1 fully saturated rings. The van der Waals surface area contributed by atoms with Gasteiger partial charge < -0.3 is 4.90 Å². The van der Waals surface area contributed by atoms with Crippen LogP contribution in [-0.4, -0.2) is 28.3 Å². The van der Waals surface area contributed by atoms with E-state index in [0.29, 0.717) is 0 Å². The van der Waals surface area contributed by atoms with Crippen LogP contribution in [0, 0.1) is 0 Å². The standard InChI is InChI=1S/C10H11BrN4S/c11-8-4-3-7(16-8)9-12-10(14-13-9)15-5-1-2-6-15/h3-4H,1-2,5-6H2,(H,12,13,14). The van der Waals surface area contributed by atoms with Crippen molar-refractivity contribution in [3.8, 4) is 10.7 Å². The number of rotatable bonds is 2. The third-order valence-electron chi connectivity index (χ3n) is 2.67. The van der Waals surface area contributed by atoms with Gasteiger partial charge in [0.05, 0.1) is 8.66 Å². The van der Waals surface area contributed by atoms with Crippen molar-refractivity contribution in [2.45, 2.75) is 12.8 Å². The molecule has 0 spiro atoms. The summed E-state index contributed by atoms with van der Waals surface area (Å²) in [5.74, 6) is 1.69. The molecule has 0 bridgehead atoms. The van der Waals surface area contributed by atoms with Crippen molar-refractivity contribution in [2.24, 2.45) is 0 Å². The fourth-order valence-corrected chi connectivity index (χ4v) is 3.19. The summed E-state index contributed by atoms with van der Waals surface area (Å²) in [4.78, 5) is 7.87. The van der Waals surface area contributed by atoms with Crippen molar-refractivity contribution >= 4 is 33.2 Å². The van der Waals surface area contributed by atoms with Crippen molar-refractivity contribution in [1.82, 2.24) is 15.2 Å². The number of hydrogen-bond donors (Lipinski definition) is 1. The maximum atomic E-state index is 4.52. The van der Waals surface area contributed by atoms with Gasteiger partial charge in [-0.3, -0.25) is 5.10 Å². The lowest BCUT2D eigenvalue weighted by molar-refractivity contribution is 0.903. The Morgan fingerprint density at radius 3 is 2.81 bits per heavy atom. The van der Waals surface area contributed by atoms with E-state index in [1.807, 2.05) is 12.1 Å². The van der Waals surface area contributed by atoms with Crippen LogP contribution in [0.15, 0.2) is 15.9 Å². The number of thiophene rings is 1. The largest absolute Gasteiger partial charge is 0.340 e.